The lowest BCUT2D eigenvalue weighted by Crippen LogP contribution is -2.49. The third-order valence-electron chi connectivity index (χ3n) is 4.48. The van der Waals surface area contributed by atoms with Crippen LogP contribution in [0, 0.1) is 0 Å². The summed E-state index contributed by atoms with van der Waals surface area (Å²) in [5, 5.41) is 0. The zero-order chi connectivity index (χ0) is 14.7. The number of aromatic nitrogens is 1. The Balaban J connectivity index is 1.61. The average molecular weight is 286 g/mol. The van der Waals surface area contributed by atoms with E-state index in [1.54, 1.807) is 12.4 Å². The Morgan fingerprint density at radius 3 is 2.81 bits per heavy atom. The number of carbonyl (C=O) groups excluding carboxylic acids is 1. The molecule has 1 amide bonds. The molecule has 0 radical (unpaired) electrons. The number of carbonyl (C=O) groups is 1. The lowest BCUT2D eigenvalue weighted by molar-refractivity contribution is -0.137. The second-order valence-electron chi connectivity index (χ2n) is 5.91. The molecule has 2 saturated heterocycles. The van der Waals surface area contributed by atoms with Crippen LogP contribution in [0.2, 0.25) is 0 Å². The predicted octanol–water partition coefficient (Wildman–Crippen LogP) is 2.95. The van der Waals surface area contributed by atoms with Crippen molar-refractivity contribution in [3.05, 3.63) is 37.2 Å². The topological polar surface area (TPSA) is 42.4 Å². The van der Waals surface area contributed by atoms with Crippen LogP contribution in [0.5, 0.6) is 5.75 Å². The summed E-state index contributed by atoms with van der Waals surface area (Å²) in [4.78, 5) is 18.5. The van der Waals surface area contributed by atoms with Gasteiger partial charge in [0.1, 0.15) is 11.9 Å². The van der Waals surface area contributed by atoms with Gasteiger partial charge in [-0.1, -0.05) is 6.08 Å². The van der Waals surface area contributed by atoms with Gasteiger partial charge in [-0.05, 0) is 31.4 Å². The van der Waals surface area contributed by atoms with Gasteiger partial charge in [0.25, 0.3) is 0 Å². The fourth-order valence-corrected chi connectivity index (χ4v) is 3.59. The number of fused-ring (bicyclic) bond motifs is 2. The van der Waals surface area contributed by atoms with Gasteiger partial charge in [0.15, 0.2) is 0 Å². The number of piperidine rings is 1. The fraction of sp³-hybridized carbons (Fsp3) is 0.529. The SMILES string of the molecule is C=CCCC(=O)N1C2CCC1CC(Oc1cccnc1)C2. The van der Waals surface area contributed by atoms with Gasteiger partial charge in [-0.2, -0.15) is 0 Å². The summed E-state index contributed by atoms with van der Waals surface area (Å²) in [6.07, 6.45) is 11.0. The quantitative estimate of drug-likeness (QED) is 0.782. The Kier molecular flexibility index (Phi) is 4.23. The number of hydrogen-bond acceptors (Lipinski definition) is 3. The fourth-order valence-electron chi connectivity index (χ4n) is 3.59. The number of ether oxygens (including phenoxy) is 1. The van der Waals surface area contributed by atoms with Gasteiger partial charge in [0, 0.05) is 37.5 Å². The summed E-state index contributed by atoms with van der Waals surface area (Å²) in [6, 6.07) is 4.53. The number of amides is 1. The molecular weight excluding hydrogens is 264 g/mol. The number of hydrogen-bond donors (Lipinski definition) is 0. The van der Waals surface area contributed by atoms with Gasteiger partial charge in [-0.3, -0.25) is 9.78 Å². The van der Waals surface area contributed by atoms with E-state index in [0.29, 0.717) is 18.5 Å². The van der Waals surface area contributed by atoms with Crippen molar-refractivity contribution in [2.75, 3.05) is 0 Å². The maximum Gasteiger partial charge on any atom is 0.223 e. The van der Waals surface area contributed by atoms with E-state index in [4.69, 9.17) is 4.74 Å². The summed E-state index contributed by atoms with van der Waals surface area (Å²) in [6.45, 7) is 3.69. The van der Waals surface area contributed by atoms with Crippen LogP contribution in [0.25, 0.3) is 0 Å². The predicted molar refractivity (Wildman–Crippen MR) is 81.0 cm³/mol. The third-order valence-corrected chi connectivity index (χ3v) is 4.48. The molecule has 0 saturated carbocycles. The first-order chi connectivity index (χ1) is 10.3. The van der Waals surface area contributed by atoms with Gasteiger partial charge >= 0.3 is 0 Å². The first-order valence-electron chi connectivity index (χ1n) is 7.76. The molecule has 2 atom stereocenters. The average Bonchev–Trinajstić information content (AvgIpc) is 2.77. The van der Waals surface area contributed by atoms with E-state index in [2.05, 4.69) is 16.5 Å². The molecule has 1 aromatic heterocycles. The largest absolute Gasteiger partial charge is 0.489 e. The van der Waals surface area contributed by atoms with Crippen LogP contribution >= 0.6 is 0 Å². The van der Waals surface area contributed by atoms with E-state index in [1.807, 2.05) is 18.2 Å². The molecule has 2 unspecified atom stereocenters. The van der Waals surface area contributed by atoms with Crippen LogP contribution in [-0.4, -0.2) is 34.0 Å². The molecule has 2 fully saturated rings. The molecular formula is C17H22N2O2. The van der Waals surface area contributed by atoms with Crippen LogP contribution in [0.3, 0.4) is 0 Å². The lowest BCUT2D eigenvalue weighted by atomic mass is 9.99. The molecule has 2 bridgehead atoms. The number of allylic oxidation sites excluding steroid dienone is 1. The van der Waals surface area contributed by atoms with Crippen LogP contribution in [0.1, 0.15) is 38.5 Å². The van der Waals surface area contributed by atoms with Crippen LogP contribution in [0.4, 0.5) is 0 Å². The Morgan fingerprint density at radius 1 is 1.43 bits per heavy atom. The number of rotatable bonds is 5. The van der Waals surface area contributed by atoms with E-state index in [1.165, 1.54) is 0 Å². The zero-order valence-electron chi connectivity index (χ0n) is 12.3. The van der Waals surface area contributed by atoms with Gasteiger partial charge in [-0.25, -0.2) is 0 Å². The van der Waals surface area contributed by atoms with Crippen molar-refractivity contribution >= 4 is 5.91 Å². The van der Waals surface area contributed by atoms with Crippen LogP contribution in [-0.2, 0) is 4.79 Å². The Hall–Kier alpha value is -1.84. The van der Waals surface area contributed by atoms with Crippen LogP contribution < -0.4 is 4.74 Å². The molecule has 2 aliphatic rings. The van der Waals surface area contributed by atoms with E-state index in [9.17, 15) is 4.79 Å². The van der Waals surface area contributed by atoms with Crippen molar-refractivity contribution in [2.45, 2.75) is 56.7 Å². The summed E-state index contributed by atoms with van der Waals surface area (Å²) in [5.74, 6) is 1.11. The van der Waals surface area contributed by atoms with E-state index in [-0.39, 0.29) is 12.0 Å². The Labute approximate surface area is 125 Å². The first kappa shape index (κ1) is 14.1. The molecule has 1 aromatic rings. The molecule has 4 heteroatoms. The minimum Gasteiger partial charge on any atom is -0.489 e. The third kappa shape index (κ3) is 3.09. The zero-order valence-corrected chi connectivity index (χ0v) is 12.3. The highest BCUT2D eigenvalue weighted by Crippen LogP contribution is 2.37. The Bertz CT molecular complexity index is 489. The number of nitrogens with zero attached hydrogens (tertiary/aromatic N) is 2. The summed E-state index contributed by atoms with van der Waals surface area (Å²) < 4.78 is 6.03. The highest BCUT2D eigenvalue weighted by atomic mass is 16.5. The van der Waals surface area contributed by atoms with E-state index >= 15 is 0 Å². The monoisotopic (exact) mass is 286 g/mol. The summed E-state index contributed by atoms with van der Waals surface area (Å²) >= 11 is 0. The standard InChI is InChI=1S/C17H22N2O2/c1-2-3-6-17(20)19-13-7-8-14(19)11-16(10-13)21-15-5-4-9-18-12-15/h2,4-5,9,12-14,16H,1,3,6-8,10-11H2. The van der Waals surface area contributed by atoms with Gasteiger partial charge in [0.05, 0.1) is 6.20 Å². The van der Waals surface area contributed by atoms with Gasteiger partial charge in [-0.15, -0.1) is 6.58 Å². The van der Waals surface area contributed by atoms with Gasteiger partial charge < -0.3 is 9.64 Å². The molecule has 0 aromatic carbocycles. The van der Waals surface area contributed by atoms with E-state index in [0.717, 1.165) is 37.9 Å². The highest BCUT2D eigenvalue weighted by molar-refractivity contribution is 5.77. The smallest absolute Gasteiger partial charge is 0.223 e. The van der Waals surface area contributed by atoms with Crippen molar-refractivity contribution in [1.82, 2.24) is 9.88 Å². The van der Waals surface area contributed by atoms with Crippen molar-refractivity contribution in [1.29, 1.82) is 0 Å². The van der Waals surface area contributed by atoms with Crippen molar-refractivity contribution in [2.24, 2.45) is 0 Å². The second kappa shape index (κ2) is 6.29. The molecule has 112 valence electrons. The molecule has 4 nitrogen and oxygen atoms in total. The van der Waals surface area contributed by atoms with Crippen molar-refractivity contribution < 1.29 is 9.53 Å². The second-order valence-corrected chi connectivity index (χ2v) is 5.91. The van der Waals surface area contributed by atoms with Crippen molar-refractivity contribution in [3.8, 4) is 5.75 Å². The Morgan fingerprint density at radius 2 is 2.19 bits per heavy atom. The molecule has 2 aliphatic heterocycles. The van der Waals surface area contributed by atoms with E-state index < -0.39 is 0 Å². The molecule has 3 rings (SSSR count). The molecule has 21 heavy (non-hydrogen) atoms. The maximum absolute atomic E-state index is 12.3. The molecule has 0 spiro atoms. The normalized spacial score (nSPS) is 27.4. The summed E-state index contributed by atoms with van der Waals surface area (Å²) in [5.41, 5.74) is 0. The molecule has 0 N–H and O–H groups in total. The minimum absolute atomic E-state index is 0.204. The molecule has 3 heterocycles. The van der Waals surface area contributed by atoms with Gasteiger partial charge in [0.2, 0.25) is 5.91 Å². The van der Waals surface area contributed by atoms with Crippen molar-refractivity contribution in [3.63, 3.8) is 0 Å². The summed E-state index contributed by atoms with van der Waals surface area (Å²) in [7, 11) is 0. The number of pyridine rings is 1. The minimum atomic E-state index is 0.204. The molecule has 0 aliphatic carbocycles. The first-order valence-corrected chi connectivity index (χ1v) is 7.76. The lowest BCUT2D eigenvalue weighted by Gasteiger charge is -2.39. The highest BCUT2D eigenvalue weighted by Gasteiger charge is 2.43. The maximum atomic E-state index is 12.3. The van der Waals surface area contributed by atoms with Crippen LogP contribution in [0.15, 0.2) is 37.2 Å².